The Bertz CT molecular complexity index is 1370. The highest BCUT2D eigenvalue weighted by atomic mass is 19.4. The maximum absolute atomic E-state index is 15.7. The Hall–Kier alpha value is -3.03. The normalized spacial score (nSPS) is 21.0. The van der Waals surface area contributed by atoms with Crippen molar-refractivity contribution in [2.45, 2.75) is 89.3 Å². The van der Waals surface area contributed by atoms with Crippen LogP contribution in [0.15, 0.2) is 42.5 Å². The summed E-state index contributed by atoms with van der Waals surface area (Å²) in [4.78, 5) is 0. The van der Waals surface area contributed by atoms with Gasteiger partial charge >= 0.3 is 6.36 Å². The van der Waals surface area contributed by atoms with Crippen molar-refractivity contribution in [3.05, 3.63) is 99.1 Å². The molecule has 0 spiro atoms. The van der Waals surface area contributed by atoms with Crippen molar-refractivity contribution in [3.63, 3.8) is 0 Å². The van der Waals surface area contributed by atoms with Crippen LogP contribution in [0.3, 0.4) is 0 Å². The van der Waals surface area contributed by atoms with E-state index < -0.39 is 29.6 Å². The third-order valence-electron chi connectivity index (χ3n) is 8.92. The average molecular weight is 579 g/mol. The Balaban J connectivity index is 1.21. The van der Waals surface area contributed by atoms with Crippen molar-refractivity contribution in [1.29, 1.82) is 0 Å². The second kappa shape index (κ2) is 12.1. The van der Waals surface area contributed by atoms with Crippen molar-refractivity contribution < 1.29 is 35.5 Å². The molecule has 0 amide bonds. The van der Waals surface area contributed by atoms with Gasteiger partial charge < -0.3 is 4.74 Å². The Morgan fingerprint density at radius 2 is 1.41 bits per heavy atom. The van der Waals surface area contributed by atoms with Crippen LogP contribution in [-0.2, 0) is 25.7 Å². The van der Waals surface area contributed by atoms with Crippen molar-refractivity contribution in [2.75, 3.05) is 0 Å². The molecule has 8 heteroatoms. The quantitative estimate of drug-likeness (QED) is 0.254. The fourth-order valence-corrected chi connectivity index (χ4v) is 6.67. The molecule has 3 aromatic carbocycles. The summed E-state index contributed by atoms with van der Waals surface area (Å²) in [6, 6.07) is 10.5. The summed E-state index contributed by atoms with van der Waals surface area (Å²) in [5.74, 6) is -2.90. The fraction of sp³-hybridized carbons (Fsp3) is 0.455. The number of aryl methyl sites for hydroxylation is 2. The van der Waals surface area contributed by atoms with Gasteiger partial charge in [0.15, 0.2) is 11.6 Å². The van der Waals surface area contributed by atoms with E-state index >= 15 is 8.78 Å². The first-order chi connectivity index (χ1) is 19.5. The van der Waals surface area contributed by atoms with Crippen LogP contribution in [0.4, 0.5) is 30.7 Å². The second-order valence-electron chi connectivity index (χ2n) is 11.4. The second-order valence-corrected chi connectivity index (χ2v) is 11.4. The van der Waals surface area contributed by atoms with Gasteiger partial charge in [0.2, 0.25) is 0 Å². The smallest absolute Gasteiger partial charge is 0.406 e. The average Bonchev–Trinajstić information content (AvgIpc) is 2.94. The SMILES string of the molecule is CCc1ccc(CCC2CCc3c(cc(F)c(C4CCC(c5ccc(OC(F)(F)F)cc5)CC4)c3F)C2)c(F)c1F. The van der Waals surface area contributed by atoms with Crippen molar-refractivity contribution in [3.8, 4) is 5.75 Å². The van der Waals surface area contributed by atoms with Gasteiger partial charge in [0, 0.05) is 5.56 Å². The molecule has 0 saturated heterocycles. The molecule has 0 N–H and O–H groups in total. The minimum atomic E-state index is -4.75. The van der Waals surface area contributed by atoms with Crippen LogP contribution in [0.25, 0.3) is 0 Å². The van der Waals surface area contributed by atoms with Crippen LogP contribution < -0.4 is 4.74 Å². The molecule has 1 nitrogen and oxygen atoms in total. The van der Waals surface area contributed by atoms with Crippen molar-refractivity contribution in [1.82, 2.24) is 0 Å². The van der Waals surface area contributed by atoms with E-state index in [9.17, 15) is 22.0 Å². The third kappa shape index (κ3) is 6.57. The maximum atomic E-state index is 15.7. The Morgan fingerprint density at radius 1 is 0.780 bits per heavy atom. The predicted molar refractivity (Wildman–Crippen MR) is 143 cm³/mol. The summed E-state index contributed by atoms with van der Waals surface area (Å²) in [6.45, 7) is 1.77. The summed E-state index contributed by atoms with van der Waals surface area (Å²) in [7, 11) is 0. The molecule has 2 aliphatic rings. The molecular formula is C33H33F7O. The zero-order valence-electron chi connectivity index (χ0n) is 22.9. The van der Waals surface area contributed by atoms with E-state index in [4.69, 9.17) is 0 Å². The maximum Gasteiger partial charge on any atom is 0.573 e. The molecule has 1 saturated carbocycles. The van der Waals surface area contributed by atoms with Crippen LogP contribution >= 0.6 is 0 Å². The number of rotatable bonds is 7. The summed E-state index contributed by atoms with van der Waals surface area (Å²) < 4.78 is 101. The van der Waals surface area contributed by atoms with Gasteiger partial charge in [-0.25, -0.2) is 17.6 Å². The third-order valence-corrected chi connectivity index (χ3v) is 8.92. The topological polar surface area (TPSA) is 9.23 Å². The summed E-state index contributed by atoms with van der Waals surface area (Å²) in [5.41, 5.74) is 2.93. The lowest BCUT2D eigenvalue weighted by Crippen LogP contribution is -2.21. The molecule has 41 heavy (non-hydrogen) atoms. The molecule has 1 unspecified atom stereocenters. The van der Waals surface area contributed by atoms with E-state index in [-0.39, 0.29) is 29.1 Å². The molecule has 0 aromatic heterocycles. The molecule has 0 bridgehead atoms. The van der Waals surface area contributed by atoms with Crippen LogP contribution in [0.2, 0.25) is 0 Å². The van der Waals surface area contributed by atoms with Crippen molar-refractivity contribution in [2.24, 2.45) is 5.92 Å². The summed E-state index contributed by atoms with van der Waals surface area (Å²) >= 11 is 0. The minimum absolute atomic E-state index is 0.104. The minimum Gasteiger partial charge on any atom is -0.406 e. The van der Waals surface area contributed by atoms with E-state index in [0.29, 0.717) is 86.5 Å². The van der Waals surface area contributed by atoms with Gasteiger partial charge in [-0.05, 0) is 128 Å². The lowest BCUT2D eigenvalue weighted by Gasteiger charge is -2.32. The number of alkyl halides is 3. The van der Waals surface area contributed by atoms with Gasteiger partial charge in [0.25, 0.3) is 0 Å². The number of hydrogen-bond acceptors (Lipinski definition) is 1. The Labute approximate surface area is 235 Å². The molecule has 0 heterocycles. The summed E-state index contributed by atoms with van der Waals surface area (Å²) in [6.07, 6.45) is 0.861. The van der Waals surface area contributed by atoms with Gasteiger partial charge in [-0.15, -0.1) is 13.2 Å². The van der Waals surface area contributed by atoms with Crippen LogP contribution in [0, 0.1) is 29.2 Å². The Kier molecular flexibility index (Phi) is 8.67. The van der Waals surface area contributed by atoms with Gasteiger partial charge in [-0.3, -0.25) is 0 Å². The van der Waals surface area contributed by atoms with E-state index in [1.807, 2.05) is 0 Å². The van der Waals surface area contributed by atoms with E-state index in [2.05, 4.69) is 4.74 Å². The first-order valence-electron chi connectivity index (χ1n) is 14.3. The molecule has 0 aliphatic heterocycles. The molecule has 220 valence electrons. The largest absolute Gasteiger partial charge is 0.573 e. The monoisotopic (exact) mass is 578 g/mol. The molecule has 1 fully saturated rings. The van der Waals surface area contributed by atoms with Crippen LogP contribution in [0.1, 0.15) is 90.7 Å². The standard InChI is InChI=1S/C33H33F7O/c1-2-20-6-11-24(31(36)30(20)35)5-3-19-4-16-27-25(17-19)18-28(34)29(32(27)37)23-9-7-21(8-10-23)22-12-14-26(15-13-22)41-33(38,39)40/h6,11-15,18-19,21,23H,2-5,7-10,16-17H2,1H3. The van der Waals surface area contributed by atoms with E-state index in [1.54, 1.807) is 31.2 Å². The highest BCUT2D eigenvalue weighted by molar-refractivity contribution is 5.39. The first-order valence-corrected chi connectivity index (χ1v) is 14.3. The zero-order valence-corrected chi connectivity index (χ0v) is 22.9. The molecule has 0 radical (unpaired) electrons. The van der Waals surface area contributed by atoms with E-state index in [0.717, 1.165) is 5.56 Å². The van der Waals surface area contributed by atoms with Gasteiger partial charge in [0.05, 0.1) is 0 Å². The number of hydrogen-bond donors (Lipinski definition) is 0. The molecule has 3 aromatic rings. The number of benzene rings is 3. The Morgan fingerprint density at radius 3 is 2.07 bits per heavy atom. The van der Waals surface area contributed by atoms with Crippen LogP contribution in [-0.4, -0.2) is 6.36 Å². The first kappa shape index (κ1) is 29.5. The highest BCUT2D eigenvalue weighted by Gasteiger charge is 2.33. The van der Waals surface area contributed by atoms with Gasteiger partial charge in [-0.1, -0.05) is 31.2 Å². The number of fused-ring (bicyclic) bond motifs is 1. The van der Waals surface area contributed by atoms with Crippen LogP contribution in [0.5, 0.6) is 5.75 Å². The molecule has 2 aliphatic carbocycles. The fourth-order valence-electron chi connectivity index (χ4n) is 6.67. The highest BCUT2D eigenvalue weighted by Crippen LogP contribution is 2.44. The van der Waals surface area contributed by atoms with Crippen molar-refractivity contribution >= 4 is 0 Å². The van der Waals surface area contributed by atoms with Gasteiger partial charge in [-0.2, -0.15) is 0 Å². The lowest BCUT2D eigenvalue weighted by molar-refractivity contribution is -0.274. The molecular weight excluding hydrogens is 545 g/mol. The summed E-state index contributed by atoms with van der Waals surface area (Å²) in [5, 5.41) is 0. The number of ether oxygens (including phenoxy) is 1. The zero-order chi connectivity index (χ0) is 29.3. The van der Waals surface area contributed by atoms with Gasteiger partial charge in [0.1, 0.15) is 17.4 Å². The molecule has 1 atom stereocenters. The van der Waals surface area contributed by atoms with E-state index in [1.165, 1.54) is 18.2 Å². The number of halogens is 7. The predicted octanol–water partition coefficient (Wildman–Crippen LogP) is 9.88. The lowest BCUT2D eigenvalue weighted by atomic mass is 9.74. The molecule has 5 rings (SSSR count).